The number of hydrogen-bond acceptors (Lipinski definition) is 3. The van der Waals surface area contributed by atoms with Gasteiger partial charge in [0, 0.05) is 57.7 Å². The minimum Gasteiger partial charge on any atom is -0.367 e. The number of aliphatic imine (C=N–C) groups is 1. The molecule has 0 bridgehead atoms. The van der Waals surface area contributed by atoms with Gasteiger partial charge >= 0.3 is 0 Å². The molecule has 1 atom stereocenters. The average Bonchev–Trinajstić information content (AvgIpc) is 3.44. The first kappa shape index (κ1) is 20.8. The SMILES string of the molecule is CN=C(NCc1ccc(Cn2ccnc2)cc1)NC1CCN(c2ccc(F)cc2F)C1. The lowest BCUT2D eigenvalue weighted by molar-refractivity contribution is 0.580. The number of aromatic nitrogens is 2. The van der Waals surface area contributed by atoms with Crippen molar-refractivity contribution >= 4 is 11.6 Å². The minimum atomic E-state index is -0.561. The molecule has 31 heavy (non-hydrogen) atoms. The van der Waals surface area contributed by atoms with E-state index in [1.54, 1.807) is 19.6 Å². The van der Waals surface area contributed by atoms with Crippen LogP contribution in [0.2, 0.25) is 0 Å². The molecule has 0 amide bonds. The number of guanidine groups is 1. The molecule has 1 unspecified atom stereocenters. The maximum Gasteiger partial charge on any atom is 0.191 e. The molecule has 1 aliphatic rings. The van der Waals surface area contributed by atoms with Crippen LogP contribution in [0.25, 0.3) is 0 Å². The van der Waals surface area contributed by atoms with Crippen LogP contribution in [-0.4, -0.2) is 41.7 Å². The summed E-state index contributed by atoms with van der Waals surface area (Å²) in [5.74, 6) is -0.386. The standard InChI is InChI=1S/C23H26F2N6/c1-26-23(28-13-17-2-4-18(5-3-17)14-30-11-9-27-16-30)29-20-8-10-31(15-20)22-7-6-19(24)12-21(22)25/h2-7,9,11-12,16,20H,8,10,13-15H2,1H3,(H2,26,28,29). The van der Waals surface area contributed by atoms with Gasteiger partial charge in [0.25, 0.3) is 0 Å². The summed E-state index contributed by atoms with van der Waals surface area (Å²) in [6.45, 7) is 2.78. The summed E-state index contributed by atoms with van der Waals surface area (Å²) < 4.78 is 29.2. The van der Waals surface area contributed by atoms with Crippen molar-refractivity contribution in [3.05, 3.63) is 83.9 Å². The molecular formula is C23H26F2N6. The summed E-state index contributed by atoms with van der Waals surface area (Å²) in [5.41, 5.74) is 2.80. The highest BCUT2D eigenvalue weighted by Gasteiger charge is 2.25. The van der Waals surface area contributed by atoms with Crippen molar-refractivity contribution in [3.63, 3.8) is 0 Å². The second-order valence-corrected chi connectivity index (χ2v) is 7.65. The lowest BCUT2D eigenvalue weighted by Crippen LogP contribution is -2.44. The fourth-order valence-electron chi connectivity index (χ4n) is 3.76. The van der Waals surface area contributed by atoms with Crippen molar-refractivity contribution in [2.75, 3.05) is 25.0 Å². The summed E-state index contributed by atoms with van der Waals surface area (Å²) in [7, 11) is 1.73. The number of imidazole rings is 1. The molecular weight excluding hydrogens is 398 g/mol. The van der Waals surface area contributed by atoms with E-state index < -0.39 is 11.6 Å². The number of halogens is 2. The van der Waals surface area contributed by atoms with E-state index in [4.69, 9.17) is 0 Å². The van der Waals surface area contributed by atoms with Crippen LogP contribution < -0.4 is 15.5 Å². The van der Waals surface area contributed by atoms with E-state index in [-0.39, 0.29) is 6.04 Å². The lowest BCUT2D eigenvalue weighted by Gasteiger charge is -2.21. The zero-order valence-corrected chi connectivity index (χ0v) is 17.4. The summed E-state index contributed by atoms with van der Waals surface area (Å²) in [6, 6.07) is 12.3. The van der Waals surface area contributed by atoms with Gasteiger partial charge in [-0.3, -0.25) is 4.99 Å². The first-order valence-electron chi connectivity index (χ1n) is 10.3. The lowest BCUT2D eigenvalue weighted by atomic mass is 10.1. The Balaban J connectivity index is 1.27. The Morgan fingerprint density at radius 1 is 1.16 bits per heavy atom. The molecule has 3 aromatic rings. The molecule has 8 heteroatoms. The largest absolute Gasteiger partial charge is 0.367 e. The van der Waals surface area contributed by atoms with E-state index >= 15 is 0 Å². The van der Waals surface area contributed by atoms with Crippen LogP contribution in [-0.2, 0) is 13.1 Å². The van der Waals surface area contributed by atoms with Gasteiger partial charge in [-0.05, 0) is 29.7 Å². The fraction of sp³-hybridized carbons (Fsp3) is 0.304. The van der Waals surface area contributed by atoms with Gasteiger partial charge in [0.05, 0.1) is 12.0 Å². The second kappa shape index (κ2) is 9.59. The number of nitrogens with one attached hydrogen (secondary N) is 2. The molecule has 4 rings (SSSR count). The Hall–Kier alpha value is -3.42. The van der Waals surface area contributed by atoms with Crippen LogP contribution in [0.1, 0.15) is 17.5 Å². The van der Waals surface area contributed by atoms with Gasteiger partial charge < -0.3 is 20.1 Å². The summed E-state index contributed by atoms with van der Waals surface area (Å²) in [6.07, 6.45) is 6.37. The molecule has 0 spiro atoms. The zero-order valence-electron chi connectivity index (χ0n) is 17.4. The third-order valence-corrected chi connectivity index (χ3v) is 5.41. The van der Waals surface area contributed by atoms with Gasteiger partial charge in [-0.1, -0.05) is 24.3 Å². The van der Waals surface area contributed by atoms with Crippen LogP contribution in [0.4, 0.5) is 14.5 Å². The molecule has 1 saturated heterocycles. The molecule has 1 aromatic heterocycles. The van der Waals surface area contributed by atoms with E-state index in [9.17, 15) is 8.78 Å². The van der Waals surface area contributed by atoms with E-state index in [1.807, 2.05) is 15.7 Å². The normalized spacial score (nSPS) is 16.5. The van der Waals surface area contributed by atoms with Crippen LogP contribution in [0.3, 0.4) is 0 Å². The highest BCUT2D eigenvalue weighted by molar-refractivity contribution is 5.80. The maximum absolute atomic E-state index is 14.1. The Labute approximate surface area is 180 Å². The number of anilines is 1. The van der Waals surface area contributed by atoms with Gasteiger partial charge in [0.1, 0.15) is 11.6 Å². The zero-order chi connectivity index (χ0) is 21.6. The van der Waals surface area contributed by atoms with Gasteiger partial charge in [0.2, 0.25) is 0 Å². The molecule has 162 valence electrons. The molecule has 0 radical (unpaired) electrons. The van der Waals surface area contributed by atoms with Crippen LogP contribution in [0, 0.1) is 11.6 Å². The number of nitrogens with zero attached hydrogens (tertiary/aromatic N) is 4. The monoisotopic (exact) mass is 424 g/mol. The fourth-order valence-corrected chi connectivity index (χ4v) is 3.76. The summed E-state index contributed by atoms with van der Waals surface area (Å²) in [4.78, 5) is 10.3. The van der Waals surface area contributed by atoms with E-state index in [1.165, 1.54) is 17.7 Å². The molecule has 1 aliphatic heterocycles. The first-order valence-corrected chi connectivity index (χ1v) is 10.3. The molecule has 6 nitrogen and oxygen atoms in total. The highest BCUT2D eigenvalue weighted by Crippen LogP contribution is 2.24. The molecule has 2 aromatic carbocycles. The number of hydrogen-bond donors (Lipinski definition) is 2. The Morgan fingerprint density at radius 2 is 1.97 bits per heavy atom. The molecule has 0 aliphatic carbocycles. The van der Waals surface area contributed by atoms with Crippen molar-refractivity contribution < 1.29 is 8.78 Å². The number of benzene rings is 2. The Bertz CT molecular complexity index is 1020. The predicted molar refractivity (Wildman–Crippen MR) is 118 cm³/mol. The third-order valence-electron chi connectivity index (χ3n) is 5.41. The Morgan fingerprint density at radius 3 is 2.68 bits per heavy atom. The summed E-state index contributed by atoms with van der Waals surface area (Å²) in [5, 5.41) is 6.73. The molecule has 2 N–H and O–H groups in total. The van der Waals surface area contributed by atoms with Gasteiger partial charge in [-0.2, -0.15) is 0 Å². The van der Waals surface area contributed by atoms with Crippen molar-refractivity contribution in [2.24, 2.45) is 4.99 Å². The van der Waals surface area contributed by atoms with Crippen molar-refractivity contribution in [3.8, 4) is 0 Å². The van der Waals surface area contributed by atoms with Crippen molar-refractivity contribution in [1.82, 2.24) is 20.2 Å². The summed E-state index contributed by atoms with van der Waals surface area (Å²) >= 11 is 0. The van der Waals surface area contributed by atoms with Crippen LogP contribution in [0.5, 0.6) is 0 Å². The molecule has 2 heterocycles. The number of rotatable bonds is 6. The van der Waals surface area contributed by atoms with Crippen LogP contribution >= 0.6 is 0 Å². The van der Waals surface area contributed by atoms with E-state index in [0.717, 1.165) is 24.6 Å². The van der Waals surface area contributed by atoms with E-state index in [0.29, 0.717) is 31.3 Å². The van der Waals surface area contributed by atoms with Crippen molar-refractivity contribution in [1.29, 1.82) is 0 Å². The van der Waals surface area contributed by atoms with Gasteiger partial charge in [-0.25, -0.2) is 13.8 Å². The van der Waals surface area contributed by atoms with Crippen LogP contribution in [0.15, 0.2) is 66.2 Å². The first-order chi connectivity index (χ1) is 15.1. The van der Waals surface area contributed by atoms with Crippen molar-refractivity contribution in [2.45, 2.75) is 25.6 Å². The highest BCUT2D eigenvalue weighted by atomic mass is 19.1. The average molecular weight is 424 g/mol. The molecule has 1 fully saturated rings. The maximum atomic E-state index is 14.1. The smallest absolute Gasteiger partial charge is 0.191 e. The van der Waals surface area contributed by atoms with Gasteiger partial charge in [-0.15, -0.1) is 0 Å². The predicted octanol–water partition coefficient (Wildman–Crippen LogP) is 3.15. The van der Waals surface area contributed by atoms with E-state index in [2.05, 4.69) is 44.9 Å². The topological polar surface area (TPSA) is 57.5 Å². The van der Waals surface area contributed by atoms with Gasteiger partial charge in [0.15, 0.2) is 5.96 Å². The minimum absolute atomic E-state index is 0.133. The second-order valence-electron chi connectivity index (χ2n) is 7.65. The Kier molecular flexibility index (Phi) is 6.45. The molecule has 0 saturated carbocycles. The third kappa shape index (κ3) is 5.39. The quantitative estimate of drug-likeness (QED) is 0.472.